The summed E-state index contributed by atoms with van der Waals surface area (Å²) in [5.74, 6) is 0.792. The fourth-order valence-corrected chi connectivity index (χ4v) is 2.33. The smallest absolute Gasteiger partial charge is 0.282 e. The molecule has 0 atom stereocenters. The van der Waals surface area contributed by atoms with Crippen molar-refractivity contribution in [1.82, 2.24) is 4.90 Å². The minimum Gasteiger partial charge on any atom is -0.497 e. The lowest BCUT2D eigenvalue weighted by atomic mass is 10.1. The Hall–Kier alpha value is -3.09. The monoisotopic (exact) mass is 330 g/mol. The first-order chi connectivity index (χ1) is 11.5. The van der Waals surface area contributed by atoms with Crippen LogP contribution in [0.25, 0.3) is 0 Å². The Morgan fingerprint density at radius 1 is 1.17 bits per heavy atom. The summed E-state index contributed by atoms with van der Waals surface area (Å²) < 4.78 is 10.4. The van der Waals surface area contributed by atoms with Crippen LogP contribution in [0.15, 0.2) is 42.5 Å². The van der Waals surface area contributed by atoms with Crippen LogP contribution in [0.3, 0.4) is 0 Å². The Labute approximate surface area is 139 Å². The third kappa shape index (κ3) is 3.62. The van der Waals surface area contributed by atoms with Gasteiger partial charge in [0.05, 0.1) is 19.1 Å². The van der Waals surface area contributed by atoms with Crippen LogP contribution in [0, 0.1) is 10.1 Å². The number of rotatable bonds is 6. The van der Waals surface area contributed by atoms with Crippen LogP contribution in [0.2, 0.25) is 0 Å². The van der Waals surface area contributed by atoms with Crippen molar-refractivity contribution in [3.63, 3.8) is 0 Å². The predicted octanol–water partition coefficient (Wildman–Crippen LogP) is 2.88. The van der Waals surface area contributed by atoms with Crippen LogP contribution in [-0.2, 0) is 6.54 Å². The summed E-state index contributed by atoms with van der Waals surface area (Å²) in [6.07, 6.45) is 0. The molecule has 2 aromatic carbocycles. The molecule has 24 heavy (non-hydrogen) atoms. The molecular weight excluding hydrogens is 312 g/mol. The Balaban J connectivity index is 2.26. The maximum absolute atomic E-state index is 12.6. The van der Waals surface area contributed by atoms with Gasteiger partial charge >= 0.3 is 0 Å². The van der Waals surface area contributed by atoms with Gasteiger partial charge in [0.2, 0.25) is 0 Å². The van der Waals surface area contributed by atoms with Crippen LogP contribution >= 0.6 is 0 Å². The van der Waals surface area contributed by atoms with Gasteiger partial charge < -0.3 is 14.4 Å². The number of carbonyl (C=O) groups is 1. The fourth-order valence-electron chi connectivity index (χ4n) is 2.33. The van der Waals surface area contributed by atoms with Crippen LogP contribution in [0.5, 0.6) is 11.5 Å². The average molecular weight is 330 g/mol. The molecule has 1 amide bonds. The number of hydrogen-bond donors (Lipinski definition) is 0. The van der Waals surface area contributed by atoms with Crippen molar-refractivity contribution in [2.24, 2.45) is 0 Å². The zero-order valence-corrected chi connectivity index (χ0v) is 13.7. The third-order valence-electron chi connectivity index (χ3n) is 3.58. The summed E-state index contributed by atoms with van der Waals surface area (Å²) in [6, 6.07) is 11.2. The molecule has 2 rings (SSSR count). The fraction of sp³-hybridized carbons (Fsp3) is 0.235. The van der Waals surface area contributed by atoms with E-state index in [9.17, 15) is 14.9 Å². The van der Waals surface area contributed by atoms with E-state index in [2.05, 4.69) is 0 Å². The number of hydrogen-bond acceptors (Lipinski definition) is 5. The summed E-state index contributed by atoms with van der Waals surface area (Å²) in [7, 11) is 4.67. The van der Waals surface area contributed by atoms with Crippen molar-refractivity contribution in [1.29, 1.82) is 0 Å². The summed E-state index contributed by atoms with van der Waals surface area (Å²) in [5.41, 5.74) is 0.612. The summed E-state index contributed by atoms with van der Waals surface area (Å²) in [5, 5.41) is 11.1. The van der Waals surface area contributed by atoms with Gasteiger partial charge in [-0.2, -0.15) is 0 Å². The van der Waals surface area contributed by atoms with Gasteiger partial charge in [-0.15, -0.1) is 0 Å². The summed E-state index contributed by atoms with van der Waals surface area (Å²) in [4.78, 5) is 24.5. The number of ether oxygens (including phenoxy) is 2. The highest BCUT2D eigenvalue weighted by molar-refractivity contribution is 5.97. The number of methoxy groups -OCH3 is 2. The zero-order valence-electron chi connectivity index (χ0n) is 13.7. The minimum absolute atomic E-state index is 0.0532. The van der Waals surface area contributed by atoms with E-state index in [1.54, 1.807) is 38.4 Å². The lowest BCUT2D eigenvalue weighted by Gasteiger charge is -2.19. The molecule has 7 nitrogen and oxygen atoms in total. The summed E-state index contributed by atoms with van der Waals surface area (Å²) in [6.45, 7) is 0.248. The van der Waals surface area contributed by atoms with Crippen molar-refractivity contribution in [3.05, 3.63) is 63.7 Å². The number of amides is 1. The molecule has 0 aromatic heterocycles. The molecule has 0 bridgehead atoms. The van der Waals surface area contributed by atoms with Gasteiger partial charge in [0.15, 0.2) is 0 Å². The van der Waals surface area contributed by atoms with E-state index in [1.807, 2.05) is 0 Å². The standard InChI is InChI=1S/C17H18N2O5/c1-18(11-12-8-9-13(23-2)10-16(12)24-3)17(20)14-6-4-5-7-15(14)19(21)22/h4-10H,11H2,1-3H3. The molecule has 0 N–H and O–H groups in total. The molecule has 0 spiro atoms. The Morgan fingerprint density at radius 2 is 1.88 bits per heavy atom. The van der Waals surface area contributed by atoms with Crippen LogP contribution in [0.1, 0.15) is 15.9 Å². The quantitative estimate of drug-likeness (QED) is 0.601. The second-order valence-corrected chi connectivity index (χ2v) is 5.11. The second-order valence-electron chi connectivity index (χ2n) is 5.11. The highest BCUT2D eigenvalue weighted by Crippen LogP contribution is 2.26. The first-order valence-corrected chi connectivity index (χ1v) is 7.17. The van der Waals surface area contributed by atoms with Gasteiger partial charge in [-0.3, -0.25) is 14.9 Å². The molecule has 0 aliphatic heterocycles. The number of nitro benzene ring substituents is 1. The van der Waals surface area contributed by atoms with Crippen molar-refractivity contribution >= 4 is 11.6 Å². The molecule has 0 saturated carbocycles. The van der Waals surface area contributed by atoms with Crippen molar-refractivity contribution in [2.75, 3.05) is 21.3 Å². The van der Waals surface area contributed by atoms with Crippen LogP contribution < -0.4 is 9.47 Å². The number of nitrogens with zero attached hydrogens (tertiary/aromatic N) is 2. The molecule has 0 saturated heterocycles. The van der Waals surface area contributed by atoms with E-state index < -0.39 is 10.8 Å². The Kier molecular flexibility index (Phi) is 5.36. The highest BCUT2D eigenvalue weighted by atomic mass is 16.6. The van der Waals surface area contributed by atoms with Crippen LogP contribution in [0.4, 0.5) is 5.69 Å². The Bertz CT molecular complexity index is 760. The van der Waals surface area contributed by atoms with E-state index in [4.69, 9.17) is 9.47 Å². The average Bonchev–Trinajstić information content (AvgIpc) is 2.61. The van der Waals surface area contributed by atoms with Gasteiger partial charge in [0.25, 0.3) is 11.6 Å². The van der Waals surface area contributed by atoms with E-state index in [0.717, 1.165) is 5.56 Å². The van der Waals surface area contributed by atoms with E-state index in [1.165, 1.54) is 30.2 Å². The molecule has 126 valence electrons. The van der Waals surface area contributed by atoms with Crippen molar-refractivity contribution < 1.29 is 19.2 Å². The number of nitro groups is 1. The molecule has 0 aliphatic carbocycles. The second kappa shape index (κ2) is 7.45. The number of carbonyl (C=O) groups excluding carboxylic acids is 1. The van der Waals surface area contributed by atoms with Gasteiger partial charge in [-0.05, 0) is 18.2 Å². The normalized spacial score (nSPS) is 10.1. The van der Waals surface area contributed by atoms with E-state index >= 15 is 0 Å². The molecule has 0 aliphatic rings. The SMILES string of the molecule is COc1ccc(CN(C)C(=O)c2ccccc2[N+](=O)[O-])c(OC)c1. The highest BCUT2D eigenvalue weighted by Gasteiger charge is 2.22. The molecule has 0 unspecified atom stereocenters. The first kappa shape index (κ1) is 17.3. The van der Waals surface area contributed by atoms with Crippen molar-refractivity contribution in [3.8, 4) is 11.5 Å². The van der Waals surface area contributed by atoms with Gasteiger partial charge in [-0.25, -0.2) is 0 Å². The lowest BCUT2D eigenvalue weighted by Crippen LogP contribution is -2.27. The number of benzene rings is 2. The number of para-hydroxylation sites is 1. The minimum atomic E-state index is -0.560. The summed E-state index contributed by atoms with van der Waals surface area (Å²) >= 11 is 0. The topological polar surface area (TPSA) is 81.9 Å². The van der Waals surface area contributed by atoms with Crippen molar-refractivity contribution in [2.45, 2.75) is 6.54 Å². The van der Waals surface area contributed by atoms with Crippen LogP contribution in [-0.4, -0.2) is 37.0 Å². The molecule has 2 aromatic rings. The first-order valence-electron chi connectivity index (χ1n) is 7.17. The molecule has 7 heteroatoms. The molecule has 0 fully saturated rings. The predicted molar refractivity (Wildman–Crippen MR) is 88.4 cm³/mol. The zero-order chi connectivity index (χ0) is 17.7. The third-order valence-corrected chi connectivity index (χ3v) is 3.58. The maximum atomic E-state index is 12.6. The maximum Gasteiger partial charge on any atom is 0.282 e. The lowest BCUT2D eigenvalue weighted by molar-refractivity contribution is -0.385. The molecular formula is C17H18N2O5. The van der Waals surface area contributed by atoms with Gasteiger partial charge in [-0.1, -0.05) is 12.1 Å². The largest absolute Gasteiger partial charge is 0.497 e. The van der Waals surface area contributed by atoms with E-state index in [0.29, 0.717) is 11.5 Å². The molecule has 0 heterocycles. The van der Waals surface area contributed by atoms with Gasteiger partial charge in [0, 0.05) is 31.3 Å². The molecule has 0 radical (unpaired) electrons. The Morgan fingerprint density at radius 3 is 2.50 bits per heavy atom. The van der Waals surface area contributed by atoms with Gasteiger partial charge in [0.1, 0.15) is 17.1 Å². The van der Waals surface area contributed by atoms with E-state index in [-0.39, 0.29) is 17.8 Å².